The number of nitrogens with two attached hydrogens (primary N) is 1. The summed E-state index contributed by atoms with van der Waals surface area (Å²) in [4.78, 5) is 14.1. The number of nitrogens with zero attached hydrogens (tertiary/aromatic N) is 3. The number of thiazole rings is 1. The van der Waals surface area contributed by atoms with Gasteiger partial charge >= 0.3 is 0 Å². The number of methoxy groups -OCH3 is 1. The molecule has 0 bridgehead atoms. The molecule has 0 aliphatic heterocycles. The van der Waals surface area contributed by atoms with Gasteiger partial charge in [0.1, 0.15) is 23.1 Å². The lowest BCUT2D eigenvalue weighted by Crippen LogP contribution is -2.14. The van der Waals surface area contributed by atoms with Crippen molar-refractivity contribution in [3.63, 3.8) is 0 Å². The van der Waals surface area contributed by atoms with E-state index in [-0.39, 0.29) is 12.4 Å². The van der Waals surface area contributed by atoms with Crippen molar-refractivity contribution < 1.29 is 14.3 Å². The molecule has 2 aromatic carbocycles. The van der Waals surface area contributed by atoms with Gasteiger partial charge in [0.2, 0.25) is 0 Å². The Hall–Kier alpha value is -3.91. The van der Waals surface area contributed by atoms with Crippen molar-refractivity contribution in [1.82, 2.24) is 9.97 Å². The van der Waals surface area contributed by atoms with Gasteiger partial charge in [0, 0.05) is 34.5 Å². The van der Waals surface area contributed by atoms with Crippen molar-refractivity contribution in [2.24, 2.45) is 10.9 Å². The van der Waals surface area contributed by atoms with Crippen LogP contribution in [0, 0.1) is 0 Å². The van der Waals surface area contributed by atoms with Gasteiger partial charge in [0.25, 0.3) is 0 Å². The minimum atomic E-state index is 0.221. The van der Waals surface area contributed by atoms with Crippen LogP contribution in [0.2, 0.25) is 0 Å². The standard InChI is InChI=1S/C24H22N4O3S/c1-29-21-8-3-7-19(12-21)24-27-20(16-32-24)15-31-28-23(25)18-6-2-9-22(11-18)30-14-17-5-4-10-26-13-17/h2-13,16H,14-15H2,1H3,(H2,25,28). The smallest absolute Gasteiger partial charge is 0.170 e. The zero-order valence-corrected chi connectivity index (χ0v) is 18.3. The van der Waals surface area contributed by atoms with Crippen molar-refractivity contribution in [3.8, 4) is 22.1 Å². The molecule has 162 valence electrons. The second kappa shape index (κ2) is 10.4. The van der Waals surface area contributed by atoms with E-state index in [0.29, 0.717) is 17.9 Å². The van der Waals surface area contributed by atoms with Gasteiger partial charge in [-0.25, -0.2) is 4.98 Å². The number of hydrogen-bond acceptors (Lipinski definition) is 7. The van der Waals surface area contributed by atoms with Gasteiger partial charge in [-0.3, -0.25) is 4.98 Å². The lowest BCUT2D eigenvalue weighted by Gasteiger charge is -2.08. The molecule has 7 nitrogen and oxygen atoms in total. The maximum absolute atomic E-state index is 6.09. The first-order valence-corrected chi connectivity index (χ1v) is 10.8. The van der Waals surface area contributed by atoms with Crippen molar-refractivity contribution in [1.29, 1.82) is 0 Å². The van der Waals surface area contributed by atoms with Crippen LogP contribution >= 0.6 is 11.3 Å². The van der Waals surface area contributed by atoms with Crippen molar-refractivity contribution in [2.75, 3.05) is 7.11 Å². The topological polar surface area (TPSA) is 91.9 Å². The molecule has 0 radical (unpaired) electrons. The molecule has 0 aliphatic rings. The minimum absolute atomic E-state index is 0.221. The fraction of sp³-hybridized carbons (Fsp3) is 0.125. The summed E-state index contributed by atoms with van der Waals surface area (Å²) in [5.41, 5.74) is 9.56. The summed E-state index contributed by atoms with van der Waals surface area (Å²) in [5.74, 6) is 1.74. The van der Waals surface area contributed by atoms with E-state index in [4.69, 9.17) is 20.0 Å². The molecule has 32 heavy (non-hydrogen) atoms. The summed E-state index contributed by atoms with van der Waals surface area (Å²) < 4.78 is 11.1. The Morgan fingerprint density at radius 2 is 1.91 bits per heavy atom. The zero-order valence-electron chi connectivity index (χ0n) is 17.5. The fourth-order valence-electron chi connectivity index (χ4n) is 2.88. The summed E-state index contributed by atoms with van der Waals surface area (Å²) in [6.07, 6.45) is 3.50. The maximum atomic E-state index is 6.09. The van der Waals surface area contributed by atoms with Gasteiger partial charge in [-0.2, -0.15) is 0 Å². The summed E-state index contributed by atoms with van der Waals surface area (Å²) in [7, 11) is 1.64. The van der Waals surface area contributed by atoms with Crippen molar-refractivity contribution in [2.45, 2.75) is 13.2 Å². The van der Waals surface area contributed by atoms with Gasteiger partial charge in [0.15, 0.2) is 12.4 Å². The van der Waals surface area contributed by atoms with Crippen molar-refractivity contribution in [3.05, 3.63) is 95.3 Å². The maximum Gasteiger partial charge on any atom is 0.170 e. The lowest BCUT2D eigenvalue weighted by molar-refractivity contribution is 0.128. The molecule has 0 atom stereocenters. The predicted molar refractivity (Wildman–Crippen MR) is 125 cm³/mol. The van der Waals surface area contributed by atoms with E-state index in [1.54, 1.807) is 19.5 Å². The number of pyridine rings is 1. The van der Waals surface area contributed by atoms with Gasteiger partial charge < -0.3 is 20.0 Å². The highest BCUT2D eigenvalue weighted by Gasteiger charge is 2.07. The van der Waals surface area contributed by atoms with Gasteiger partial charge in [-0.05, 0) is 30.3 Å². The first-order chi connectivity index (χ1) is 15.7. The van der Waals surface area contributed by atoms with Gasteiger partial charge in [-0.15, -0.1) is 11.3 Å². The van der Waals surface area contributed by atoms with E-state index in [9.17, 15) is 0 Å². The van der Waals surface area contributed by atoms with Crippen LogP contribution in [0.1, 0.15) is 16.8 Å². The van der Waals surface area contributed by atoms with Crippen LogP contribution in [0.4, 0.5) is 0 Å². The first kappa shape index (κ1) is 21.3. The summed E-state index contributed by atoms with van der Waals surface area (Å²) in [5, 5.41) is 6.86. The molecule has 0 unspecified atom stereocenters. The first-order valence-electron chi connectivity index (χ1n) is 9.87. The van der Waals surface area contributed by atoms with Crippen LogP contribution in [0.3, 0.4) is 0 Å². The average molecular weight is 447 g/mol. The number of ether oxygens (including phenoxy) is 2. The Labute approximate surface area is 190 Å². The van der Waals surface area contributed by atoms with Gasteiger partial charge in [0.05, 0.1) is 12.8 Å². The highest BCUT2D eigenvalue weighted by Crippen LogP contribution is 2.27. The highest BCUT2D eigenvalue weighted by molar-refractivity contribution is 7.13. The molecule has 8 heteroatoms. The van der Waals surface area contributed by atoms with E-state index >= 15 is 0 Å². The second-order valence-electron chi connectivity index (χ2n) is 6.80. The molecule has 0 spiro atoms. The Kier molecular flexibility index (Phi) is 6.94. The highest BCUT2D eigenvalue weighted by atomic mass is 32.1. The zero-order chi connectivity index (χ0) is 22.2. The molecule has 2 heterocycles. The Morgan fingerprint density at radius 1 is 1.03 bits per heavy atom. The number of oxime groups is 1. The predicted octanol–water partition coefficient (Wildman–Crippen LogP) is 4.63. The molecular formula is C24H22N4O3S. The Balaban J connectivity index is 1.34. The largest absolute Gasteiger partial charge is 0.497 e. The van der Waals surface area contributed by atoms with Crippen LogP contribution in [0.25, 0.3) is 10.6 Å². The molecule has 4 rings (SSSR count). The summed E-state index contributed by atoms with van der Waals surface area (Å²) in [6, 6.07) is 19.0. The second-order valence-corrected chi connectivity index (χ2v) is 7.66. The SMILES string of the molecule is COc1cccc(-c2nc(CO/N=C(/N)c3cccc(OCc4cccnc4)c3)cs2)c1. The Bertz CT molecular complexity index is 1190. The van der Waals surface area contributed by atoms with E-state index in [1.165, 1.54) is 11.3 Å². The molecule has 4 aromatic rings. The minimum Gasteiger partial charge on any atom is -0.497 e. The molecule has 0 saturated heterocycles. The van der Waals surface area contributed by atoms with Crippen LogP contribution in [-0.4, -0.2) is 22.9 Å². The number of amidine groups is 1. The normalized spacial score (nSPS) is 11.2. The number of rotatable bonds is 9. The average Bonchev–Trinajstić information content (AvgIpc) is 3.32. The van der Waals surface area contributed by atoms with Crippen molar-refractivity contribution >= 4 is 17.2 Å². The number of hydrogen-bond donors (Lipinski definition) is 1. The summed E-state index contributed by atoms with van der Waals surface area (Å²) >= 11 is 1.54. The molecular weight excluding hydrogens is 424 g/mol. The van der Waals surface area contributed by atoms with Crippen LogP contribution < -0.4 is 15.2 Å². The van der Waals surface area contributed by atoms with Crippen LogP contribution in [0.5, 0.6) is 11.5 Å². The number of benzene rings is 2. The van der Waals surface area contributed by atoms with E-state index < -0.39 is 0 Å². The number of aromatic nitrogens is 2. The molecule has 0 fully saturated rings. The van der Waals surface area contributed by atoms with E-state index in [0.717, 1.165) is 27.6 Å². The molecule has 2 N–H and O–H groups in total. The molecule has 0 aliphatic carbocycles. The third-order valence-electron chi connectivity index (χ3n) is 4.50. The monoisotopic (exact) mass is 446 g/mol. The molecule has 0 saturated carbocycles. The quantitative estimate of drug-likeness (QED) is 0.229. The molecule has 0 amide bonds. The van der Waals surface area contributed by atoms with E-state index in [1.807, 2.05) is 66.0 Å². The lowest BCUT2D eigenvalue weighted by atomic mass is 10.2. The van der Waals surface area contributed by atoms with Crippen LogP contribution in [-0.2, 0) is 18.1 Å². The third-order valence-corrected chi connectivity index (χ3v) is 5.44. The van der Waals surface area contributed by atoms with Gasteiger partial charge in [-0.1, -0.05) is 35.5 Å². The third kappa shape index (κ3) is 5.61. The van der Waals surface area contributed by atoms with Crippen LogP contribution in [0.15, 0.2) is 83.6 Å². The molecule has 2 aromatic heterocycles. The summed E-state index contributed by atoms with van der Waals surface area (Å²) in [6.45, 7) is 0.642. The Morgan fingerprint density at radius 3 is 2.75 bits per heavy atom. The fourth-order valence-corrected chi connectivity index (χ4v) is 3.68. The van der Waals surface area contributed by atoms with E-state index in [2.05, 4.69) is 15.1 Å².